The summed E-state index contributed by atoms with van der Waals surface area (Å²) in [7, 11) is 1.46. The van der Waals surface area contributed by atoms with Gasteiger partial charge in [0.15, 0.2) is 12.0 Å². The summed E-state index contributed by atoms with van der Waals surface area (Å²) in [4.78, 5) is 23.1. The Morgan fingerprint density at radius 3 is 2.33 bits per heavy atom. The monoisotopic (exact) mass is 293 g/mol. The molecule has 0 saturated carbocycles. The van der Waals surface area contributed by atoms with Crippen molar-refractivity contribution in [1.82, 2.24) is 0 Å². The molecule has 0 aliphatic carbocycles. The molecule has 0 unspecified atom stereocenters. The van der Waals surface area contributed by atoms with Crippen molar-refractivity contribution in [3.05, 3.63) is 23.3 Å². The number of hydrogen-bond donors (Lipinski definition) is 1. The molecule has 1 rings (SSSR count). The molecule has 0 aromatic heterocycles. The number of benzene rings is 1. The van der Waals surface area contributed by atoms with Crippen LogP contribution in [0.4, 0.5) is 10.5 Å². The number of anilines is 1. The van der Waals surface area contributed by atoms with E-state index in [1.807, 2.05) is 13.8 Å². The fraction of sp³-hybridized carbons (Fsp3) is 0.500. The molecule has 0 spiro atoms. The van der Waals surface area contributed by atoms with Gasteiger partial charge in [-0.3, -0.25) is 10.1 Å². The number of nitrogens with one attached hydrogen (secondary N) is 1. The van der Waals surface area contributed by atoms with Crippen LogP contribution < -0.4 is 10.1 Å². The van der Waals surface area contributed by atoms with Crippen LogP contribution in [0.25, 0.3) is 0 Å². The molecule has 0 radical (unpaired) electrons. The Morgan fingerprint density at radius 1 is 1.29 bits per heavy atom. The van der Waals surface area contributed by atoms with Crippen molar-refractivity contribution in [3.8, 4) is 5.75 Å². The molecule has 21 heavy (non-hydrogen) atoms. The van der Waals surface area contributed by atoms with Gasteiger partial charge in [-0.05, 0) is 44.4 Å². The van der Waals surface area contributed by atoms with Gasteiger partial charge in [0.2, 0.25) is 0 Å². The van der Waals surface area contributed by atoms with Gasteiger partial charge < -0.3 is 9.47 Å². The number of hydrogen-bond acceptors (Lipinski definition) is 4. The predicted octanol–water partition coefficient (Wildman–Crippen LogP) is 3.98. The smallest absolute Gasteiger partial charge is 0.412 e. The Balaban J connectivity index is 3.17. The van der Waals surface area contributed by atoms with Crippen LogP contribution in [0.15, 0.2) is 12.1 Å². The van der Waals surface area contributed by atoms with Crippen molar-refractivity contribution in [3.63, 3.8) is 0 Å². The second-order valence-corrected chi connectivity index (χ2v) is 6.09. The van der Waals surface area contributed by atoms with E-state index in [2.05, 4.69) is 5.32 Å². The predicted molar refractivity (Wildman–Crippen MR) is 82.3 cm³/mol. The summed E-state index contributed by atoms with van der Waals surface area (Å²) < 4.78 is 10.5. The lowest BCUT2D eigenvalue weighted by Gasteiger charge is -2.21. The van der Waals surface area contributed by atoms with Crippen LogP contribution in [0.3, 0.4) is 0 Å². The maximum absolute atomic E-state index is 11.9. The van der Waals surface area contributed by atoms with Gasteiger partial charge in [-0.1, -0.05) is 13.8 Å². The second kappa shape index (κ2) is 6.61. The van der Waals surface area contributed by atoms with E-state index in [-0.39, 0.29) is 5.92 Å². The summed E-state index contributed by atoms with van der Waals surface area (Å²) >= 11 is 0. The molecular weight excluding hydrogens is 270 g/mol. The van der Waals surface area contributed by atoms with Gasteiger partial charge in [0.1, 0.15) is 5.60 Å². The molecule has 0 heterocycles. The maximum Gasteiger partial charge on any atom is 0.412 e. The highest BCUT2D eigenvalue weighted by atomic mass is 16.6. The Bertz CT molecular complexity index is 530. The molecule has 116 valence electrons. The van der Waals surface area contributed by atoms with E-state index in [0.717, 1.165) is 5.56 Å². The van der Waals surface area contributed by atoms with Crippen molar-refractivity contribution < 1.29 is 19.1 Å². The molecule has 1 N–H and O–H groups in total. The second-order valence-electron chi connectivity index (χ2n) is 6.09. The van der Waals surface area contributed by atoms with Crippen molar-refractivity contribution in [2.24, 2.45) is 0 Å². The van der Waals surface area contributed by atoms with Gasteiger partial charge in [-0.25, -0.2) is 4.79 Å². The largest absolute Gasteiger partial charge is 0.494 e. The average molecular weight is 293 g/mol. The number of ether oxygens (including phenoxy) is 2. The first kappa shape index (κ1) is 17.0. The van der Waals surface area contributed by atoms with E-state index in [0.29, 0.717) is 23.3 Å². The lowest BCUT2D eigenvalue weighted by Crippen LogP contribution is -2.27. The van der Waals surface area contributed by atoms with Gasteiger partial charge in [0.25, 0.3) is 0 Å². The van der Waals surface area contributed by atoms with Crippen LogP contribution in [0.5, 0.6) is 5.75 Å². The average Bonchev–Trinajstić information content (AvgIpc) is 2.35. The molecule has 0 bridgehead atoms. The fourth-order valence-corrected chi connectivity index (χ4v) is 1.83. The number of amides is 1. The maximum atomic E-state index is 11.9. The summed E-state index contributed by atoms with van der Waals surface area (Å²) in [6, 6.07) is 3.55. The Hall–Kier alpha value is -2.04. The van der Waals surface area contributed by atoms with Crippen LogP contribution in [0.1, 0.15) is 56.5 Å². The van der Waals surface area contributed by atoms with E-state index in [1.165, 1.54) is 7.11 Å². The number of methoxy groups -OCH3 is 1. The van der Waals surface area contributed by atoms with Crippen molar-refractivity contribution in [1.29, 1.82) is 0 Å². The number of rotatable bonds is 4. The molecule has 1 aromatic carbocycles. The van der Waals surface area contributed by atoms with E-state index in [9.17, 15) is 9.59 Å². The van der Waals surface area contributed by atoms with Crippen LogP contribution in [0, 0.1) is 0 Å². The molecule has 0 aliphatic rings. The molecule has 0 aliphatic heterocycles. The first-order valence-electron chi connectivity index (χ1n) is 6.85. The van der Waals surface area contributed by atoms with Gasteiger partial charge in [-0.2, -0.15) is 0 Å². The zero-order valence-corrected chi connectivity index (χ0v) is 13.4. The lowest BCUT2D eigenvalue weighted by molar-refractivity contribution is 0.0635. The highest BCUT2D eigenvalue weighted by Crippen LogP contribution is 2.32. The molecule has 0 fully saturated rings. The summed E-state index contributed by atoms with van der Waals surface area (Å²) in [6.45, 7) is 9.36. The molecule has 5 nitrogen and oxygen atoms in total. The molecule has 0 saturated heterocycles. The van der Waals surface area contributed by atoms with Gasteiger partial charge in [-0.15, -0.1) is 0 Å². The Morgan fingerprint density at radius 2 is 1.90 bits per heavy atom. The summed E-state index contributed by atoms with van der Waals surface area (Å²) in [5, 5.41) is 2.64. The number of aldehydes is 1. The summed E-state index contributed by atoms with van der Waals surface area (Å²) in [6.07, 6.45) is 0.129. The number of carbonyl (C=O) groups is 2. The van der Waals surface area contributed by atoms with E-state index >= 15 is 0 Å². The van der Waals surface area contributed by atoms with Gasteiger partial charge in [0.05, 0.1) is 18.4 Å². The Kier molecular flexibility index (Phi) is 5.35. The highest BCUT2D eigenvalue weighted by Gasteiger charge is 2.19. The third-order valence-corrected chi connectivity index (χ3v) is 2.77. The number of carbonyl (C=O) groups excluding carboxylic acids is 2. The van der Waals surface area contributed by atoms with Crippen LogP contribution >= 0.6 is 0 Å². The van der Waals surface area contributed by atoms with Crippen LogP contribution in [-0.2, 0) is 4.74 Å². The lowest BCUT2D eigenvalue weighted by atomic mass is 9.99. The van der Waals surface area contributed by atoms with Crippen molar-refractivity contribution >= 4 is 18.1 Å². The zero-order chi connectivity index (χ0) is 16.2. The van der Waals surface area contributed by atoms with Crippen molar-refractivity contribution in [2.75, 3.05) is 12.4 Å². The normalized spacial score (nSPS) is 11.2. The first-order chi connectivity index (χ1) is 9.67. The third kappa shape index (κ3) is 4.77. The Labute approximate surface area is 125 Å². The quantitative estimate of drug-likeness (QED) is 0.853. The van der Waals surface area contributed by atoms with E-state index in [4.69, 9.17) is 9.47 Å². The van der Waals surface area contributed by atoms with Crippen LogP contribution in [0.2, 0.25) is 0 Å². The molecule has 1 aromatic rings. The molecule has 5 heteroatoms. The third-order valence-electron chi connectivity index (χ3n) is 2.77. The van der Waals surface area contributed by atoms with Crippen LogP contribution in [-0.4, -0.2) is 25.1 Å². The topological polar surface area (TPSA) is 64.6 Å². The first-order valence-corrected chi connectivity index (χ1v) is 6.85. The minimum absolute atomic E-state index is 0.216. The van der Waals surface area contributed by atoms with E-state index < -0.39 is 11.7 Å². The van der Waals surface area contributed by atoms with Gasteiger partial charge in [0, 0.05) is 0 Å². The minimum atomic E-state index is -0.597. The summed E-state index contributed by atoms with van der Waals surface area (Å²) in [5.41, 5.74) is 1.17. The molecular formula is C16H23NO4. The highest BCUT2D eigenvalue weighted by molar-refractivity contribution is 5.92. The SMILES string of the molecule is COc1c(C=O)cc(C(C)C)cc1NC(=O)OC(C)(C)C. The molecule has 0 atom stereocenters. The minimum Gasteiger partial charge on any atom is -0.494 e. The fourth-order valence-electron chi connectivity index (χ4n) is 1.83. The van der Waals surface area contributed by atoms with Gasteiger partial charge >= 0.3 is 6.09 Å². The molecule has 1 amide bonds. The van der Waals surface area contributed by atoms with Crippen molar-refractivity contribution in [2.45, 2.75) is 46.1 Å². The summed E-state index contributed by atoms with van der Waals surface area (Å²) in [5.74, 6) is 0.550. The standard InChI is InChI=1S/C16H23NO4/c1-10(2)11-7-12(9-18)14(20-6)13(8-11)17-15(19)21-16(3,4)5/h7-10H,1-6H3,(H,17,19). The zero-order valence-electron chi connectivity index (χ0n) is 13.4. The van der Waals surface area contributed by atoms with E-state index in [1.54, 1.807) is 32.9 Å².